The lowest BCUT2D eigenvalue weighted by Gasteiger charge is -2.15. The van der Waals surface area contributed by atoms with Crippen LogP contribution in [0.3, 0.4) is 0 Å². The summed E-state index contributed by atoms with van der Waals surface area (Å²) in [7, 11) is 3.32. The van der Waals surface area contributed by atoms with Gasteiger partial charge in [-0.1, -0.05) is 11.8 Å². The van der Waals surface area contributed by atoms with Gasteiger partial charge in [-0.25, -0.2) is 0 Å². The van der Waals surface area contributed by atoms with Crippen molar-refractivity contribution in [3.8, 4) is 11.5 Å². The normalized spacial score (nSPS) is 14.2. The Bertz CT molecular complexity index is 396. The molecule has 5 heteroatoms. The molecular weight excluding hydrogens is 224 g/mol. The van der Waals surface area contributed by atoms with Crippen molar-refractivity contribution < 1.29 is 9.47 Å². The van der Waals surface area contributed by atoms with Crippen LogP contribution >= 0.6 is 11.8 Å². The van der Waals surface area contributed by atoms with Crippen LogP contribution in [0.1, 0.15) is 5.56 Å². The quantitative estimate of drug-likeness (QED) is 0.805. The third-order valence-electron chi connectivity index (χ3n) is 2.36. The van der Waals surface area contributed by atoms with E-state index in [0.717, 1.165) is 29.5 Å². The van der Waals surface area contributed by atoms with E-state index in [9.17, 15) is 0 Å². The number of hydrogen-bond acceptors (Lipinski definition) is 5. The highest BCUT2D eigenvalue weighted by Gasteiger charge is 2.11. The Balaban J connectivity index is 2.15. The standard InChI is InChI=1S/C11H14N2O2S/c1-14-10-4-3-9(11(5-10)15-2)6-13-8-16-7-12-13/h3-5,7H,6,8H2,1-2H3. The fraction of sp³-hybridized carbons (Fsp3) is 0.364. The molecule has 0 aliphatic carbocycles. The molecular formula is C11H14N2O2S. The van der Waals surface area contributed by atoms with Crippen molar-refractivity contribution in [1.82, 2.24) is 5.01 Å². The van der Waals surface area contributed by atoms with Crippen molar-refractivity contribution in [2.24, 2.45) is 5.10 Å². The van der Waals surface area contributed by atoms with Crippen LogP contribution in [0.15, 0.2) is 23.3 Å². The molecule has 0 saturated carbocycles. The fourth-order valence-corrected chi connectivity index (χ4v) is 2.11. The van der Waals surface area contributed by atoms with E-state index in [0.29, 0.717) is 0 Å². The highest BCUT2D eigenvalue weighted by Crippen LogP contribution is 2.26. The number of rotatable bonds is 4. The summed E-state index contributed by atoms with van der Waals surface area (Å²) in [6.45, 7) is 0.761. The lowest BCUT2D eigenvalue weighted by molar-refractivity contribution is 0.327. The Labute approximate surface area is 99.2 Å². The second-order valence-corrected chi connectivity index (χ2v) is 4.16. The van der Waals surface area contributed by atoms with Crippen molar-refractivity contribution in [3.05, 3.63) is 23.8 Å². The predicted octanol–water partition coefficient (Wildman–Crippen LogP) is 2.15. The highest BCUT2D eigenvalue weighted by molar-refractivity contribution is 8.12. The van der Waals surface area contributed by atoms with Crippen LogP contribution < -0.4 is 9.47 Å². The van der Waals surface area contributed by atoms with Gasteiger partial charge in [0.25, 0.3) is 0 Å². The number of hydrogen-bond donors (Lipinski definition) is 0. The molecule has 0 unspecified atom stereocenters. The van der Waals surface area contributed by atoms with Gasteiger partial charge in [0, 0.05) is 11.6 Å². The number of thioether (sulfide) groups is 1. The predicted molar refractivity (Wildman–Crippen MR) is 66.0 cm³/mol. The topological polar surface area (TPSA) is 34.1 Å². The molecule has 0 amide bonds. The minimum absolute atomic E-state index is 0.761. The first-order valence-electron chi connectivity index (χ1n) is 4.93. The molecule has 0 bridgehead atoms. The van der Waals surface area contributed by atoms with E-state index in [-0.39, 0.29) is 0 Å². The summed E-state index contributed by atoms with van der Waals surface area (Å²) in [4.78, 5) is 0. The Morgan fingerprint density at radius 3 is 2.88 bits per heavy atom. The van der Waals surface area contributed by atoms with E-state index in [4.69, 9.17) is 9.47 Å². The summed E-state index contributed by atoms with van der Waals surface area (Å²) in [5.74, 6) is 2.54. The van der Waals surface area contributed by atoms with Gasteiger partial charge in [-0.05, 0) is 12.1 Å². The second kappa shape index (κ2) is 5.12. The average molecular weight is 238 g/mol. The largest absolute Gasteiger partial charge is 0.497 e. The minimum atomic E-state index is 0.761. The monoisotopic (exact) mass is 238 g/mol. The van der Waals surface area contributed by atoms with Crippen LogP contribution in [-0.4, -0.2) is 30.7 Å². The molecule has 0 aromatic heterocycles. The summed E-state index contributed by atoms with van der Waals surface area (Å²) in [6, 6.07) is 5.84. The Morgan fingerprint density at radius 1 is 1.38 bits per heavy atom. The van der Waals surface area contributed by atoms with E-state index in [2.05, 4.69) is 5.10 Å². The fourth-order valence-electron chi connectivity index (χ4n) is 1.52. The molecule has 1 aliphatic heterocycles. The van der Waals surface area contributed by atoms with Crippen molar-refractivity contribution in [2.75, 3.05) is 20.1 Å². The van der Waals surface area contributed by atoms with Gasteiger partial charge in [-0.2, -0.15) is 5.10 Å². The summed E-state index contributed by atoms with van der Waals surface area (Å²) < 4.78 is 10.5. The zero-order chi connectivity index (χ0) is 11.4. The first-order valence-corrected chi connectivity index (χ1v) is 5.98. The van der Waals surface area contributed by atoms with Crippen LogP contribution in [0.4, 0.5) is 0 Å². The van der Waals surface area contributed by atoms with Gasteiger partial charge in [0.1, 0.15) is 11.5 Å². The molecule has 16 heavy (non-hydrogen) atoms. The SMILES string of the molecule is COc1ccc(CN2CSC=N2)c(OC)c1. The van der Waals surface area contributed by atoms with Gasteiger partial charge in [0.05, 0.1) is 32.2 Å². The first-order chi connectivity index (χ1) is 7.83. The smallest absolute Gasteiger partial charge is 0.127 e. The zero-order valence-corrected chi connectivity index (χ0v) is 10.2. The van der Waals surface area contributed by atoms with E-state index >= 15 is 0 Å². The highest BCUT2D eigenvalue weighted by atomic mass is 32.2. The molecule has 0 saturated heterocycles. The van der Waals surface area contributed by atoms with Crippen LogP contribution in [0.5, 0.6) is 11.5 Å². The van der Waals surface area contributed by atoms with Gasteiger partial charge in [0.15, 0.2) is 0 Å². The van der Waals surface area contributed by atoms with Crippen LogP contribution in [0.2, 0.25) is 0 Å². The number of hydrazone groups is 1. The van der Waals surface area contributed by atoms with Crippen LogP contribution in [0.25, 0.3) is 0 Å². The molecule has 4 nitrogen and oxygen atoms in total. The summed E-state index contributed by atoms with van der Waals surface area (Å²) in [6.07, 6.45) is 0. The summed E-state index contributed by atoms with van der Waals surface area (Å²) in [5.41, 5.74) is 2.97. The van der Waals surface area contributed by atoms with Crippen LogP contribution in [-0.2, 0) is 6.54 Å². The molecule has 0 N–H and O–H groups in total. The van der Waals surface area contributed by atoms with Gasteiger partial charge >= 0.3 is 0 Å². The molecule has 0 atom stereocenters. The van der Waals surface area contributed by atoms with Crippen molar-refractivity contribution in [1.29, 1.82) is 0 Å². The lowest BCUT2D eigenvalue weighted by Crippen LogP contribution is -2.12. The van der Waals surface area contributed by atoms with Crippen molar-refractivity contribution in [3.63, 3.8) is 0 Å². The molecule has 2 rings (SSSR count). The zero-order valence-electron chi connectivity index (χ0n) is 9.34. The van der Waals surface area contributed by atoms with Gasteiger partial charge < -0.3 is 9.47 Å². The molecule has 1 aliphatic rings. The lowest BCUT2D eigenvalue weighted by atomic mass is 10.2. The minimum Gasteiger partial charge on any atom is -0.497 e. The molecule has 0 fully saturated rings. The molecule has 0 spiro atoms. The Hall–Kier alpha value is -1.36. The van der Waals surface area contributed by atoms with E-state index < -0.39 is 0 Å². The Morgan fingerprint density at radius 2 is 2.25 bits per heavy atom. The number of benzene rings is 1. The maximum atomic E-state index is 5.33. The third-order valence-corrected chi connectivity index (χ3v) is 3.05. The van der Waals surface area contributed by atoms with Gasteiger partial charge in [-0.3, -0.25) is 5.01 Å². The summed E-state index contributed by atoms with van der Waals surface area (Å²) in [5, 5.41) is 6.23. The molecule has 1 heterocycles. The number of nitrogens with zero attached hydrogens (tertiary/aromatic N) is 2. The van der Waals surface area contributed by atoms with E-state index in [1.54, 1.807) is 26.0 Å². The molecule has 1 aromatic carbocycles. The maximum Gasteiger partial charge on any atom is 0.127 e. The van der Waals surface area contributed by atoms with Gasteiger partial charge in [0.2, 0.25) is 0 Å². The van der Waals surface area contributed by atoms with Crippen molar-refractivity contribution in [2.45, 2.75) is 6.54 Å². The van der Waals surface area contributed by atoms with E-state index in [1.165, 1.54) is 0 Å². The van der Waals surface area contributed by atoms with Gasteiger partial charge in [-0.15, -0.1) is 0 Å². The molecule has 0 radical (unpaired) electrons. The van der Waals surface area contributed by atoms with Crippen LogP contribution in [0, 0.1) is 0 Å². The third kappa shape index (κ3) is 2.41. The number of methoxy groups -OCH3 is 2. The number of ether oxygens (including phenoxy) is 2. The first kappa shape index (κ1) is 11.1. The van der Waals surface area contributed by atoms with E-state index in [1.807, 2.05) is 28.8 Å². The average Bonchev–Trinajstić information content (AvgIpc) is 2.82. The summed E-state index contributed by atoms with van der Waals surface area (Å²) >= 11 is 1.69. The second-order valence-electron chi connectivity index (χ2n) is 3.36. The van der Waals surface area contributed by atoms with Crippen molar-refractivity contribution >= 4 is 17.3 Å². The molecule has 1 aromatic rings. The maximum absolute atomic E-state index is 5.33. The molecule has 86 valence electrons. The Kier molecular flexibility index (Phi) is 3.56.